The van der Waals surface area contributed by atoms with Gasteiger partial charge < -0.3 is 14.4 Å². The number of rotatable bonds is 7. The van der Waals surface area contributed by atoms with Gasteiger partial charge in [0.2, 0.25) is 0 Å². The molecular weight excluding hydrogens is 552 g/mol. The van der Waals surface area contributed by atoms with E-state index in [1.165, 1.54) is 36.2 Å². The van der Waals surface area contributed by atoms with Crippen LogP contribution in [0.2, 0.25) is 5.02 Å². The van der Waals surface area contributed by atoms with E-state index in [2.05, 4.69) is 16.7 Å². The average molecular weight is 589 g/mol. The topological polar surface area (TPSA) is 64.3 Å². The van der Waals surface area contributed by atoms with Crippen LogP contribution in [0.4, 0.5) is 0 Å². The van der Waals surface area contributed by atoms with Gasteiger partial charge in [-0.15, -0.1) is 11.8 Å². The number of allylic oxidation sites excluding steroid dienone is 1. The molecule has 2 aliphatic rings. The summed E-state index contributed by atoms with van der Waals surface area (Å²) in [6, 6.07) is 19.7. The summed E-state index contributed by atoms with van der Waals surface area (Å²) in [5.74, 6) is 1.86. The lowest BCUT2D eigenvalue weighted by molar-refractivity contribution is 0.0697. The zero-order chi connectivity index (χ0) is 28.8. The monoisotopic (exact) mass is 588 g/mol. The second kappa shape index (κ2) is 13.6. The summed E-state index contributed by atoms with van der Waals surface area (Å²) in [5.41, 5.74) is 5.25. The van der Waals surface area contributed by atoms with Crippen molar-refractivity contribution in [1.82, 2.24) is 9.55 Å². The van der Waals surface area contributed by atoms with Crippen molar-refractivity contribution < 1.29 is 14.6 Å². The van der Waals surface area contributed by atoms with Crippen molar-refractivity contribution in [3.63, 3.8) is 0 Å². The molecule has 3 aromatic carbocycles. The molecule has 1 saturated carbocycles. The van der Waals surface area contributed by atoms with Crippen molar-refractivity contribution in [2.45, 2.75) is 71.4 Å². The molecular formula is C34H37ClN2O3S. The molecule has 4 aromatic rings. The van der Waals surface area contributed by atoms with Crippen molar-refractivity contribution in [3.05, 3.63) is 88.5 Å². The number of benzene rings is 3. The van der Waals surface area contributed by atoms with E-state index in [-0.39, 0.29) is 5.56 Å². The molecule has 0 radical (unpaired) electrons. The van der Waals surface area contributed by atoms with Crippen LogP contribution in [-0.4, -0.2) is 26.4 Å². The van der Waals surface area contributed by atoms with Gasteiger partial charge in [0.15, 0.2) is 0 Å². The molecule has 0 unspecified atom stereocenters. The quantitative estimate of drug-likeness (QED) is 0.233. The smallest absolute Gasteiger partial charge is 0.335 e. The first-order valence-corrected chi connectivity index (χ1v) is 16.0. The maximum absolute atomic E-state index is 11.6. The molecule has 1 N–H and O–H groups in total. The highest BCUT2D eigenvalue weighted by atomic mass is 35.5. The van der Waals surface area contributed by atoms with E-state index < -0.39 is 5.97 Å². The minimum Gasteiger partial charge on any atom is -0.489 e. The molecule has 0 saturated heterocycles. The van der Waals surface area contributed by atoms with Gasteiger partial charge in [0.1, 0.15) is 18.2 Å². The van der Waals surface area contributed by atoms with Crippen molar-refractivity contribution >= 4 is 45.3 Å². The van der Waals surface area contributed by atoms with Gasteiger partial charge in [-0.05, 0) is 97.2 Å². The fraction of sp³-hybridized carbons (Fsp3) is 0.353. The third-order valence-corrected chi connectivity index (χ3v) is 9.08. The van der Waals surface area contributed by atoms with E-state index in [1.807, 2.05) is 68.1 Å². The normalized spacial score (nSPS) is 15.6. The van der Waals surface area contributed by atoms with Crippen LogP contribution < -0.4 is 4.74 Å². The van der Waals surface area contributed by atoms with Gasteiger partial charge in [-0.1, -0.05) is 56.9 Å². The van der Waals surface area contributed by atoms with Crippen LogP contribution in [0.3, 0.4) is 0 Å². The Balaban J connectivity index is 0.00000165. The van der Waals surface area contributed by atoms with Gasteiger partial charge in [-0.3, -0.25) is 0 Å². The summed E-state index contributed by atoms with van der Waals surface area (Å²) < 4.78 is 8.55. The molecule has 1 fully saturated rings. The molecule has 2 heterocycles. The van der Waals surface area contributed by atoms with Crippen molar-refractivity contribution in [2.24, 2.45) is 0 Å². The summed E-state index contributed by atoms with van der Waals surface area (Å²) in [5, 5.41) is 10.2. The van der Waals surface area contributed by atoms with Crippen molar-refractivity contribution in [1.29, 1.82) is 0 Å². The highest BCUT2D eigenvalue weighted by Crippen LogP contribution is 2.38. The Kier molecular flexibility index (Phi) is 9.73. The fourth-order valence-corrected chi connectivity index (χ4v) is 6.99. The number of halogens is 1. The lowest BCUT2D eigenvalue weighted by Gasteiger charge is -2.25. The number of aromatic nitrogens is 2. The van der Waals surface area contributed by atoms with Crippen LogP contribution in [-0.2, 0) is 6.61 Å². The zero-order valence-corrected chi connectivity index (χ0v) is 25.3. The molecule has 1 aliphatic carbocycles. The second-order valence-corrected chi connectivity index (χ2v) is 11.9. The third kappa shape index (κ3) is 6.65. The van der Waals surface area contributed by atoms with Crippen LogP contribution in [0, 0.1) is 0 Å². The molecule has 41 heavy (non-hydrogen) atoms. The fourth-order valence-electron chi connectivity index (χ4n) is 5.67. The molecule has 1 aromatic heterocycles. The van der Waals surface area contributed by atoms with E-state index in [9.17, 15) is 9.90 Å². The Hall–Kier alpha value is -3.22. The first-order chi connectivity index (χ1) is 20.1. The number of imidazole rings is 1. The minimum absolute atomic E-state index is 0.258. The highest BCUT2D eigenvalue weighted by Gasteiger charge is 2.23. The molecule has 0 atom stereocenters. The maximum atomic E-state index is 11.6. The van der Waals surface area contributed by atoms with Gasteiger partial charge in [-0.25, -0.2) is 9.78 Å². The van der Waals surface area contributed by atoms with E-state index in [4.69, 9.17) is 21.3 Å². The minimum atomic E-state index is -0.937. The Morgan fingerprint density at radius 3 is 2.51 bits per heavy atom. The number of carboxylic acid groups (broad SMARTS) is 1. The molecule has 7 heteroatoms. The van der Waals surface area contributed by atoms with Gasteiger partial charge in [-0.2, -0.15) is 0 Å². The van der Waals surface area contributed by atoms with Crippen LogP contribution in [0.25, 0.3) is 27.3 Å². The van der Waals surface area contributed by atoms with Crippen LogP contribution >= 0.6 is 23.4 Å². The first kappa shape index (κ1) is 29.3. The predicted octanol–water partition coefficient (Wildman–Crippen LogP) is 10.0. The van der Waals surface area contributed by atoms with Crippen molar-refractivity contribution in [2.75, 3.05) is 5.75 Å². The molecule has 6 rings (SSSR count). The number of thioether (sulfide) groups is 1. The summed E-state index contributed by atoms with van der Waals surface area (Å²) in [4.78, 5) is 17.8. The Bertz CT molecular complexity index is 1540. The Morgan fingerprint density at radius 1 is 1.02 bits per heavy atom. The molecule has 0 bridgehead atoms. The Morgan fingerprint density at radius 2 is 1.80 bits per heavy atom. The average Bonchev–Trinajstić information content (AvgIpc) is 3.41. The zero-order valence-electron chi connectivity index (χ0n) is 23.7. The number of ether oxygens (including phenoxy) is 1. The summed E-state index contributed by atoms with van der Waals surface area (Å²) in [6.45, 7) is 4.44. The number of hydrogen-bond donors (Lipinski definition) is 1. The number of carbonyl (C=O) groups is 1. The number of aromatic carboxylic acids is 1. The molecule has 5 nitrogen and oxygen atoms in total. The van der Waals surface area contributed by atoms with E-state index in [1.54, 1.807) is 12.1 Å². The van der Waals surface area contributed by atoms with Crippen LogP contribution in [0.15, 0.2) is 66.7 Å². The second-order valence-electron chi connectivity index (χ2n) is 10.3. The van der Waals surface area contributed by atoms with Gasteiger partial charge in [0, 0.05) is 21.5 Å². The number of carboxylic acids is 1. The van der Waals surface area contributed by atoms with Crippen LogP contribution in [0.1, 0.15) is 86.3 Å². The summed E-state index contributed by atoms with van der Waals surface area (Å²) in [6.07, 6.45) is 10.5. The standard InChI is InChI=1S/C32H31ClN2O3S.C2H6/c33-24-12-15-27(30-8-4-5-17-39-30)23(18-24)20-38-26-13-9-21(10-14-26)31-34-28-19-22(32(36)37)11-16-29(28)35(31)25-6-2-1-3-7-25;1-2/h8-16,18-19,25H,1-7,17,20H2,(H,36,37);1-2H3. The van der Waals surface area contributed by atoms with Gasteiger partial charge >= 0.3 is 5.97 Å². The Labute approximate surface area is 251 Å². The van der Waals surface area contributed by atoms with Gasteiger partial charge in [0.05, 0.1) is 16.6 Å². The predicted molar refractivity (Wildman–Crippen MR) is 171 cm³/mol. The summed E-state index contributed by atoms with van der Waals surface area (Å²) >= 11 is 8.24. The number of nitrogens with zero attached hydrogens (tertiary/aromatic N) is 2. The van der Waals surface area contributed by atoms with E-state index in [0.717, 1.165) is 58.7 Å². The lowest BCUT2D eigenvalue weighted by atomic mass is 9.95. The van der Waals surface area contributed by atoms with Crippen LogP contribution in [0.5, 0.6) is 5.75 Å². The van der Waals surface area contributed by atoms with E-state index >= 15 is 0 Å². The SMILES string of the molecule is CC.O=C(O)c1ccc2c(c1)nc(-c1ccc(OCc3cc(Cl)ccc3C3=CCCCS3)cc1)n2C1CCCCC1. The number of hydrogen-bond acceptors (Lipinski definition) is 4. The lowest BCUT2D eigenvalue weighted by Crippen LogP contribution is -2.14. The number of fused-ring (bicyclic) bond motifs is 1. The molecule has 0 amide bonds. The first-order valence-electron chi connectivity index (χ1n) is 14.7. The van der Waals surface area contributed by atoms with Gasteiger partial charge in [0.25, 0.3) is 0 Å². The largest absolute Gasteiger partial charge is 0.489 e. The van der Waals surface area contributed by atoms with E-state index in [0.29, 0.717) is 17.7 Å². The van der Waals surface area contributed by atoms with Crippen molar-refractivity contribution in [3.8, 4) is 17.1 Å². The third-order valence-electron chi connectivity index (χ3n) is 7.65. The molecule has 1 aliphatic heterocycles. The maximum Gasteiger partial charge on any atom is 0.335 e. The molecule has 214 valence electrons. The highest BCUT2D eigenvalue weighted by molar-refractivity contribution is 8.08. The molecule has 0 spiro atoms. The summed E-state index contributed by atoms with van der Waals surface area (Å²) in [7, 11) is 0.